The Labute approximate surface area is 271 Å². The Morgan fingerprint density at radius 3 is 2.42 bits per heavy atom. The molecule has 3 aromatic heterocycles. The minimum Gasteiger partial charge on any atom is -0.406 e. The lowest BCUT2D eigenvalue weighted by atomic mass is 10.0. The van der Waals surface area contributed by atoms with Gasteiger partial charge in [-0.3, -0.25) is 9.59 Å². The number of rotatable bonds is 9. The van der Waals surface area contributed by atoms with Crippen LogP contribution in [0.25, 0.3) is 5.82 Å². The summed E-state index contributed by atoms with van der Waals surface area (Å²) in [5.74, 6) is -3.35. The van der Waals surface area contributed by atoms with Crippen LogP contribution in [-0.4, -0.2) is 53.1 Å². The molecule has 0 radical (unpaired) electrons. The van der Waals surface area contributed by atoms with E-state index in [0.717, 1.165) is 16.8 Å². The van der Waals surface area contributed by atoms with Crippen LogP contribution in [0.2, 0.25) is 5.02 Å². The number of carbonyl (C=O) groups excluding carboxylic acids is 2. The van der Waals surface area contributed by atoms with E-state index in [1.807, 2.05) is 0 Å². The maximum Gasteiger partial charge on any atom is 0.573 e. The molecule has 0 spiro atoms. The van der Waals surface area contributed by atoms with Crippen LogP contribution in [0.4, 0.5) is 32.0 Å². The van der Waals surface area contributed by atoms with Crippen molar-refractivity contribution < 1.29 is 40.7 Å². The second kappa shape index (κ2) is 13.3. The maximum absolute atomic E-state index is 13.8. The highest BCUT2D eigenvalue weighted by Crippen LogP contribution is 2.28. The van der Waals surface area contributed by atoms with E-state index in [1.165, 1.54) is 42.6 Å². The summed E-state index contributed by atoms with van der Waals surface area (Å²) >= 11 is 6.32. The van der Waals surface area contributed by atoms with E-state index in [2.05, 4.69) is 40.9 Å². The van der Waals surface area contributed by atoms with Crippen molar-refractivity contribution in [2.75, 3.05) is 5.32 Å². The lowest BCUT2D eigenvalue weighted by molar-refractivity contribution is -0.274. The lowest BCUT2D eigenvalue weighted by Gasteiger charge is -2.16. The number of nitrogens with zero attached hydrogens (tertiary/aromatic N) is 7. The van der Waals surface area contributed by atoms with Crippen molar-refractivity contribution in [3.05, 3.63) is 105 Å². The summed E-state index contributed by atoms with van der Waals surface area (Å²) in [5, 5.41) is 19.4. The van der Waals surface area contributed by atoms with E-state index in [1.54, 1.807) is 19.9 Å². The largest absolute Gasteiger partial charge is 0.573 e. The average molecular weight is 694 g/mol. The van der Waals surface area contributed by atoms with Gasteiger partial charge >= 0.3 is 12.5 Å². The van der Waals surface area contributed by atoms with Crippen molar-refractivity contribution in [3.63, 3.8) is 0 Å². The second-order valence-corrected chi connectivity index (χ2v) is 10.6. The van der Waals surface area contributed by atoms with Gasteiger partial charge in [0.25, 0.3) is 17.6 Å². The number of hydrogen-bond donors (Lipinski definition) is 2. The number of halogens is 7. The standard InChI is InChI=1S/C29H22ClF6N9O3/c1-15-9-16(2)23(20(10-15)25(46)38-13-17-5-3-6-19(11-17)48-29(34,35)36)39-26(47)22-12-18(14-44-42-27(40-43-44)28(31,32)33)41-45(22)24-21(30)7-4-8-37-24/h3-12H,13-14H2,1-2H3,(H,38,46)(H,39,47). The minimum atomic E-state index is -4.89. The molecule has 0 saturated carbocycles. The molecule has 5 rings (SSSR count). The molecule has 0 aliphatic rings. The van der Waals surface area contributed by atoms with Gasteiger partial charge in [0, 0.05) is 12.7 Å². The number of carbonyl (C=O) groups is 2. The van der Waals surface area contributed by atoms with Crippen LogP contribution >= 0.6 is 11.6 Å². The SMILES string of the molecule is Cc1cc(C)c(NC(=O)c2cc(Cn3nnc(C(F)(F)F)n3)nn2-c2ncccc2Cl)c(C(=O)NCc2cccc(OC(F)(F)F)c2)c1. The summed E-state index contributed by atoms with van der Waals surface area (Å²) in [6, 6.07) is 12.6. The Kier molecular flexibility index (Phi) is 9.38. The van der Waals surface area contributed by atoms with Gasteiger partial charge in [-0.25, -0.2) is 9.67 Å². The third-order valence-electron chi connectivity index (χ3n) is 6.49. The number of hydrogen-bond acceptors (Lipinski definition) is 8. The Bertz CT molecular complexity index is 1990. The van der Waals surface area contributed by atoms with Gasteiger partial charge in [-0.15, -0.1) is 23.4 Å². The lowest BCUT2D eigenvalue weighted by Crippen LogP contribution is -2.26. The monoisotopic (exact) mass is 693 g/mol. The fourth-order valence-corrected chi connectivity index (χ4v) is 4.75. The Balaban J connectivity index is 1.43. The first-order chi connectivity index (χ1) is 22.6. The molecule has 0 unspecified atom stereocenters. The second-order valence-electron chi connectivity index (χ2n) is 10.2. The van der Waals surface area contributed by atoms with Crippen molar-refractivity contribution in [2.45, 2.75) is 39.5 Å². The van der Waals surface area contributed by atoms with Crippen molar-refractivity contribution in [3.8, 4) is 11.6 Å². The zero-order valence-electron chi connectivity index (χ0n) is 24.7. The summed E-state index contributed by atoms with van der Waals surface area (Å²) in [6.07, 6.45) is -8.34. The van der Waals surface area contributed by atoms with E-state index in [-0.39, 0.29) is 40.0 Å². The number of aromatic nitrogens is 7. The Hall–Kier alpha value is -5.52. The van der Waals surface area contributed by atoms with E-state index in [9.17, 15) is 35.9 Å². The third-order valence-corrected chi connectivity index (χ3v) is 6.79. The Morgan fingerprint density at radius 1 is 0.958 bits per heavy atom. The number of alkyl halides is 6. The number of amides is 2. The number of nitrogens with one attached hydrogen (secondary N) is 2. The van der Waals surface area contributed by atoms with E-state index < -0.39 is 42.5 Å². The van der Waals surface area contributed by atoms with Gasteiger partial charge in [-0.1, -0.05) is 29.8 Å². The fourth-order valence-electron chi connectivity index (χ4n) is 4.55. The average Bonchev–Trinajstić information content (AvgIpc) is 3.64. The highest BCUT2D eigenvalue weighted by molar-refractivity contribution is 6.32. The van der Waals surface area contributed by atoms with Gasteiger partial charge in [0.15, 0.2) is 5.82 Å². The topological polar surface area (TPSA) is 142 Å². The van der Waals surface area contributed by atoms with Gasteiger partial charge in [-0.05, 0) is 72.1 Å². The summed E-state index contributed by atoms with van der Waals surface area (Å²) in [5.41, 5.74) is 1.50. The van der Waals surface area contributed by atoms with Crippen LogP contribution in [0.1, 0.15) is 49.1 Å². The number of aryl methyl sites for hydroxylation is 2. The summed E-state index contributed by atoms with van der Waals surface area (Å²) in [4.78, 5) is 32.0. The van der Waals surface area contributed by atoms with Crippen LogP contribution in [0.5, 0.6) is 5.75 Å². The highest BCUT2D eigenvalue weighted by atomic mass is 35.5. The molecule has 19 heteroatoms. The normalized spacial score (nSPS) is 11.8. The quantitative estimate of drug-likeness (QED) is 0.188. The van der Waals surface area contributed by atoms with Gasteiger partial charge in [-0.2, -0.15) is 23.1 Å². The van der Waals surface area contributed by atoms with Gasteiger partial charge in [0.2, 0.25) is 0 Å². The number of benzene rings is 2. The first kappa shape index (κ1) is 33.8. The van der Waals surface area contributed by atoms with Crippen LogP contribution in [0.3, 0.4) is 0 Å². The van der Waals surface area contributed by atoms with E-state index in [0.29, 0.717) is 21.5 Å². The number of pyridine rings is 1. The number of tetrazole rings is 1. The molecule has 3 heterocycles. The van der Waals surface area contributed by atoms with Crippen molar-refractivity contribution in [1.82, 2.24) is 40.3 Å². The van der Waals surface area contributed by atoms with Crippen LogP contribution in [0.15, 0.2) is 60.8 Å². The van der Waals surface area contributed by atoms with Gasteiger partial charge in [0.05, 0.1) is 22.0 Å². The molecule has 48 heavy (non-hydrogen) atoms. The summed E-state index contributed by atoms with van der Waals surface area (Å²) in [6.45, 7) is 2.78. The molecule has 0 aliphatic carbocycles. The van der Waals surface area contributed by atoms with E-state index in [4.69, 9.17) is 11.6 Å². The van der Waals surface area contributed by atoms with Crippen LogP contribution in [-0.2, 0) is 19.3 Å². The molecule has 2 aromatic carbocycles. The molecule has 12 nitrogen and oxygen atoms in total. The van der Waals surface area contributed by atoms with Crippen LogP contribution in [0, 0.1) is 13.8 Å². The first-order valence-corrected chi connectivity index (χ1v) is 14.1. The predicted molar refractivity (Wildman–Crippen MR) is 156 cm³/mol. The molecule has 0 aliphatic heterocycles. The summed E-state index contributed by atoms with van der Waals surface area (Å²) < 4.78 is 81.9. The van der Waals surface area contributed by atoms with Gasteiger partial charge in [0.1, 0.15) is 18.0 Å². The smallest absolute Gasteiger partial charge is 0.406 e. The molecular formula is C29H22ClF6N9O3. The summed E-state index contributed by atoms with van der Waals surface area (Å²) in [7, 11) is 0. The Morgan fingerprint density at radius 2 is 1.73 bits per heavy atom. The molecule has 0 fully saturated rings. The predicted octanol–water partition coefficient (Wildman–Crippen LogP) is 5.67. The first-order valence-electron chi connectivity index (χ1n) is 13.7. The molecule has 0 bridgehead atoms. The van der Waals surface area contributed by atoms with Gasteiger partial charge < -0.3 is 15.4 Å². The molecular weight excluding hydrogens is 672 g/mol. The molecule has 5 aromatic rings. The van der Waals surface area contributed by atoms with Crippen molar-refractivity contribution >= 4 is 29.1 Å². The molecule has 2 N–H and O–H groups in total. The molecule has 0 atom stereocenters. The fraction of sp³-hybridized carbons (Fsp3) is 0.207. The third kappa shape index (κ3) is 8.06. The molecule has 250 valence electrons. The van der Waals surface area contributed by atoms with E-state index >= 15 is 0 Å². The highest BCUT2D eigenvalue weighted by Gasteiger charge is 2.37. The number of anilines is 1. The maximum atomic E-state index is 13.8. The molecule has 0 saturated heterocycles. The number of ether oxygens (including phenoxy) is 1. The molecule has 2 amide bonds. The van der Waals surface area contributed by atoms with Crippen molar-refractivity contribution in [1.29, 1.82) is 0 Å². The minimum absolute atomic E-state index is 0.0217. The zero-order valence-corrected chi connectivity index (χ0v) is 25.4. The van der Waals surface area contributed by atoms with Crippen molar-refractivity contribution in [2.24, 2.45) is 0 Å². The zero-order chi connectivity index (χ0) is 34.8. The van der Waals surface area contributed by atoms with Crippen LogP contribution < -0.4 is 15.4 Å².